The number of nitrogens with zero attached hydrogens (tertiary/aromatic N) is 6. The van der Waals surface area contributed by atoms with E-state index in [1.807, 2.05) is 29.8 Å². The van der Waals surface area contributed by atoms with Gasteiger partial charge in [-0.3, -0.25) is 9.69 Å². The molecule has 2 fully saturated rings. The summed E-state index contributed by atoms with van der Waals surface area (Å²) in [6.07, 6.45) is 2.14. The number of tetrazole rings is 1. The second kappa shape index (κ2) is 10.1. The van der Waals surface area contributed by atoms with E-state index in [1.165, 1.54) is 5.69 Å². The SMILES string of the molecule is Cc1cc(C)c2cc(C(c3nnnn3CC3CCCO3)N3CCN(c4ccccc4)CC3)c(=O)[nH]c2c1. The molecule has 9 heteroatoms. The number of aromatic nitrogens is 5. The van der Waals surface area contributed by atoms with Crippen molar-refractivity contribution in [2.75, 3.05) is 37.7 Å². The maximum Gasteiger partial charge on any atom is 0.253 e. The van der Waals surface area contributed by atoms with E-state index in [4.69, 9.17) is 4.74 Å². The van der Waals surface area contributed by atoms with Crippen LogP contribution >= 0.6 is 0 Å². The van der Waals surface area contributed by atoms with Crippen LogP contribution in [0.15, 0.2) is 53.3 Å². The zero-order valence-electron chi connectivity index (χ0n) is 21.4. The van der Waals surface area contributed by atoms with Crippen LogP contribution in [0.25, 0.3) is 10.9 Å². The molecule has 0 radical (unpaired) electrons. The van der Waals surface area contributed by atoms with Crippen LogP contribution < -0.4 is 10.5 Å². The Bertz CT molecular complexity index is 1430. The van der Waals surface area contributed by atoms with E-state index < -0.39 is 0 Å². The monoisotopic (exact) mass is 499 g/mol. The van der Waals surface area contributed by atoms with Gasteiger partial charge in [-0.1, -0.05) is 24.3 Å². The third-order valence-electron chi connectivity index (χ3n) is 7.64. The molecular formula is C28H33N7O2. The summed E-state index contributed by atoms with van der Waals surface area (Å²) in [5, 5.41) is 13.9. The second-order valence-corrected chi connectivity index (χ2v) is 10.2. The summed E-state index contributed by atoms with van der Waals surface area (Å²) >= 11 is 0. The van der Waals surface area contributed by atoms with Crippen molar-refractivity contribution in [2.24, 2.45) is 0 Å². The van der Waals surface area contributed by atoms with Gasteiger partial charge in [-0.15, -0.1) is 5.10 Å². The largest absolute Gasteiger partial charge is 0.376 e. The lowest BCUT2D eigenvalue weighted by molar-refractivity contribution is 0.0906. The Labute approximate surface area is 216 Å². The molecule has 0 aliphatic carbocycles. The summed E-state index contributed by atoms with van der Waals surface area (Å²) < 4.78 is 7.72. The van der Waals surface area contributed by atoms with Gasteiger partial charge in [-0.05, 0) is 72.5 Å². The number of hydrogen-bond donors (Lipinski definition) is 1. The Kier molecular flexibility index (Phi) is 6.48. The first kappa shape index (κ1) is 23.8. The van der Waals surface area contributed by atoms with Crippen molar-refractivity contribution >= 4 is 16.6 Å². The van der Waals surface area contributed by atoms with Gasteiger partial charge in [-0.2, -0.15) is 0 Å². The second-order valence-electron chi connectivity index (χ2n) is 10.2. The van der Waals surface area contributed by atoms with Crippen molar-refractivity contribution in [3.63, 3.8) is 0 Å². The molecule has 2 atom stereocenters. The van der Waals surface area contributed by atoms with Crippen LogP contribution in [0.1, 0.15) is 41.4 Å². The van der Waals surface area contributed by atoms with Crippen molar-refractivity contribution in [1.82, 2.24) is 30.1 Å². The van der Waals surface area contributed by atoms with E-state index in [0.717, 1.165) is 67.7 Å². The number of nitrogens with one attached hydrogen (secondary N) is 1. The van der Waals surface area contributed by atoms with Gasteiger partial charge in [0.25, 0.3) is 5.56 Å². The first-order chi connectivity index (χ1) is 18.1. The Hall–Kier alpha value is -3.56. The van der Waals surface area contributed by atoms with Crippen molar-refractivity contribution in [1.29, 1.82) is 0 Å². The van der Waals surface area contributed by atoms with Crippen LogP contribution in [0, 0.1) is 13.8 Å². The number of para-hydroxylation sites is 1. The fourth-order valence-corrected chi connectivity index (χ4v) is 5.79. The molecule has 0 amide bonds. The van der Waals surface area contributed by atoms with Crippen molar-refractivity contribution in [2.45, 2.75) is 45.4 Å². The topological polar surface area (TPSA) is 92.2 Å². The molecule has 4 aromatic rings. The minimum atomic E-state index is -0.358. The molecular weight excluding hydrogens is 466 g/mol. The summed E-state index contributed by atoms with van der Waals surface area (Å²) in [4.78, 5) is 21.5. The maximum absolute atomic E-state index is 13.6. The van der Waals surface area contributed by atoms with Crippen molar-refractivity contribution < 1.29 is 4.74 Å². The summed E-state index contributed by atoms with van der Waals surface area (Å²) in [6, 6.07) is 16.3. The van der Waals surface area contributed by atoms with E-state index in [0.29, 0.717) is 17.9 Å². The highest BCUT2D eigenvalue weighted by atomic mass is 16.5. The number of H-pyrrole nitrogens is 1. The number of piperazine rings is 1. The standard InChI is InChI=1S/C28H33N7O2/c1-19-15-20(2)23-17-24(28(36)29-25(23)16-19)26(27-30-31-32-35(27)18-22-9-6-14-37-22)34-12-10-33(11-13-34)21-7-4-3-5-8-21/h3-5,7-8,15-17,22,26H,6,9-14,18H2,1-2H3,(H,29,36). The van der Waals surface area contributed by atoms with Gasteiger partial charge in [0.2, 0.25) is 0 Å². The first-order valence-corrected chi connectivity index (χ1v) is 13.1. The van der Waals surface area contributed by atoms with E-state index in [2.05, 4.69) is 67.6 Å². The van der Waals surface area contributed by atoms with Crippen LogP contribution in [0.5, 0.6) is 0 Å². The molecule has 192 valence electrons. The first-order valence-electron chi connectivity index (χ1n) is 13.1. The lowest BCUT2D eigenvalue weighted by Crippen LogP contribution is -2.49. The summed E-state index contributed by atoms with van der Waals surface area (Å²) in [7, 11) is 0. The van der Waals surface area contributed by atoms with Gasteiger partial charge in [0.15, 0.2) is 5.82 Å². The molecule has 2 aliphatic heterocycles. The number of benzene rings is 2. The van der Waals surface area contributed by atoms with Crippen LogP contribution in [-0.4, -0.2) is 69.0 Å². The summed E-state index contributed by atoms with van der Waals surface area (Å²) in [5.74, 6) is 0.693. The van der Waals surface area contributed by atoms with E-state index >= 15 is 0 Å². The molecule has 0 spiro atoms. The Morgan fingerprint density at radius 3 is 2.65 bits per heavy atom. The predicted octanol–water partition coefficient (Wildman–Crippen LogP) is 3.22. The molecule has 6 rings (SSSR count). The van der Waals surface area contributed by atoms with Crippen LogP contribution in [0.2, 0.25) is 0 Å². The van der Waals surface area contributed by atoms with Gasteiger partial charge in [0.05, 0.1) is 12.6 Å². The maximum atomic E-state index is 13.6. The fourth-order valence-electron chi connectivity index (χ4n) is 5.79. The highest BCUT2D eigenvalue weighted by Crippen LogP contribution is 2.30. The van der Waals surface area contributed by atoms with Crippen LogP contribution in [-0.2, 0) is 11.3 Å². The quantitative estimate of drug-likeness (QED) is 0.435. The Morgan fingerprint density at radius 1 is 1.08 bits per heavy atom. The average Bonchev–Trinajstić information content (AvgIpc) is 3.59. The number of aryl methyl sites for hydroxylation is 2. The van der Waals surface area contributed by atoms with Gasteiger partial charge in [0.1, 0.15) is 6.04 Å². The van der Waals surface area contributed by atoms with E-state index in [-0.39, 0.29) is 17.7 Å². The highest BCUT2D eigenvalue weighted by molar-refractivity contribution is 5.83. The summed E-state index contributed by atoms with van der Waals surface area (Å²) in [5.41, 5.74) is 4.92. The fraction of sp³-hybridized carbons (Fsp3) is 0.429. The van der Waals surface area contributed by atoms with E-state index in [9.17, 15) is 4.79 Å². The van der Waals surface area contributed by atoms with Crippen molar-refractivity contribution in [3.8, 4) is 0 Å². The van der Waals surface area contributed by atoms with Gasteiger partial charge in [0, 0.05) is 54.9 Å². The minimum Gasteiger partial charge on any atom is -0.376 e. The normalized spacial score (nSPS) is 19.5. The molecule has 2 saturated heterocycles. The van der Waals surface area contributed by atoms with Crippen LogP contribution in [0.3, 0.4) is 0 Å². The molecule has 9 nitrogen and oxygen atoms in total. The van der Waals surface area contributed by atoms with Gasteiger partial charge in [-0.25, -0.2) is 4.68 Å². The molecule has 37 heavy (non-hydrogen) atoms. The number of ether oxygens (including phenoxy) is 1. The zero-order chi connectivity index (χ0) is 25.4. The third kappa shape index (κ3) is 4.76. The lowest BCUT2D eigenvalue weighted by atomic mass is 9.99. The van der Waals surface area contributed by atoms with Crippen LogP contribution in [0.4, 0.5) is 5.69 Å². The number of anilines is 1. The number of rotatable bonds is 6. The number of aromatic amines is 1. The van der Waals surface area contributed by atoms with Gasteiger partial charge < -0.3 is 14.6 Å². The average molecular weight is 500 g/mol. The molecule has 0 saturated carbocycles. The molecule has 2 aromatic heterocycles. The molecule has 1 N–H and O–H groups in total. The summed E-state index contributed by atoms with van der Waals surface area (Å²) in [6.45, 7) is 8.80. The molecule has 2 aliphatic rings. The third-order valence-corrected chi connectivity index (χ3v) is 7.64. The highest BCUT2D eigenvalue weighted by Gasteiger charge is 2.33. The minimum absolute atomic E-state index is 0.0953. The molecule has 0 bridgehead atoms. The Balaban J connectivity index is 1.39. The number of pyridine rings is 1. The molecule has 4 heterocycles. The van der Waals surface area contributed by atoms with Crippen molar-refractivity contribution in [3.05, 3.63) is 81.4 Å². The van der Waals surface area contributed by atoms with E-state index in [1.54, 1.807) is 0 Å². The van der Waals surface area contributed by atoms with Gasteiger partial charge >= 0.3 is 0 Å². The molecule has 2 aromatic carbocycles. The smallest absolute Gasteiger partial charge is 0.253 e. The predicted molar refractivity (Wildman–Crippen MR) is 143 cm³/mol. The zero-order valence-corrected chi connectivity index (χ0v) is 21.4. The molecule has 2 unspecified atom stereocenters. The Morgan fingerprint density at radius 2 is 1.89 bits per heavy atom. The lowest BCUT2D eigenvalue weighted by Gasteiger charge is -2.39. The number of hydrogen-bond acceptors (Lipinski definition) is 7. The number of fused-ring (bicyclic) bond motifs is 1.